The molecule has 1 N–H and O–H groups in total. The van der Waals surface area contributed by atoms with E-state index in [0.717, 1.165) is 5.75 Å². The second kappa shape index (κ2) is 13.0. The second-order valence-corrected chi connectivity index (χ2v) is 7.88. The summed E-state index contributed by atoms with van der Waals surface area (Å²) in [6.45, 7) is 4.52. The van der Waals surface area contributed by atoms with Gasteiger partial charge in [-0.05, 0) is 24.3 Å². The first kappa shape index (κ1) is 25.6. The Morgan fingerprint density at radius 3 is 2.46 bits per heavy atom. The lowest BCUT2D eigenvalue weighted by atomic mass is 10.2. The maximum atomic E-state index is 12.3. The molecule has 0 aliphatic carbocycles. The minimum absolute atomic E-state index is 0.0986. The van der Waals surface area contributed by atoms with Crippen LogP contribution in [0.3, 0.4) is 0 Å². The number of hydrogen-bond acceptors (Lipinski definition) is 9. The van der Waals surface area contributed by atoms with Crippen LogP contribution < -0.4 is 24.4 Å². The lowest BCUT2D eigenvalue weighted by Crippen LogP contribution is -2.20. The third kappa shape index (κ3) is 7.00. The van der Waals surface area contributed by atoms with Gasteiger partial charge in [-0.15, -0.1) is 16.8 Å². The van der Waals surface area contributed by atoms with Crippen molar-refractivity contribution in [3.8, 4) is 23.0 Å². The number of rotatable bonds is 13. The van der Waals surface area contributed by atoms with Crippen molar-refractivity contribution in [2.24, 2.45) is 5.10 Å². The van der Waals surface area contributed by atoms with Gasteiger partial charge in [-0.2, -0.15) is 5.10 Å². The van der Waals surface area contributed by atoms with Crippen molar-refractivity contribution in [1.29, 1.82) is 0 Å². The topological polar surface area (TPSA) is 109 Å². The third-order valence-electron chi connectivity index (χ3n) is 4.64. The fourth-order valence-electron chi connectivity index (χ4n) is 3.03. The van der Waals surface area contributed by atoms with Crippen LogP contribution in [-0.2, 0) is 17.9 Å². The minimum atomic E-state index is -0.297. The average molecular weight is 498 g/mol. The van der Waals surface area contributed by atoms with Crippen molar-refractivity contribution in [2.45, 2.75) is 18.3 Å². The Kier molecular flexibility index (Phi) is 9.55. The summed E-state index contributed by atoms with van der Waals surface area (Å²) in [7, 11) is 4.59. The van der Waals surface area contributed by atoms with E-state index in [1.807, 2.05) is 34.9 Å². The Balaban J connectivity index is 1.58. The smallest absolute Gasteiger partial charge is 0.250 e. The number of nitrogens with zero attached hydrogens (tertiary/aromatic N) is 4. The summed E-state index contributed by atoms with van der Waals surface area (Å²) in [6, 6.07) is 12.9. The molecule has 0 saturated heterocycles. The summed E-state index contributed by atoms with van der Waals surface area (Å²) in [4.78, 5) is 12.3. The second-order valence-electron chi connectivity index (χ2n) is 6.94. The zero-order chi connectivity index (χ0) is 25.0. The molecule has 0 aliphatic rings. The van der Waals surface area contributed by atoms with Crippen LogP contribution in [0.1, 0.15) is 11.4 Å². The first-order valence-electron chi connectivity index (χ1n) is 10.5. The summed E-state index contributed by atoms with van der Waals surface area (Å²) < 4.78 is 23.6. The number of allylic oxidation sites excluding steroid dienone is 1. The van der Waals surface area contributed by atoms with Gasteiger partial charge >= 0.3 is 0 Å². The number of para-hydroxylation sites is 1. The van der Waals surface area contributed by atoms with Gasteiger partial charge in [-0.1, -0.05) is 36.0 Å². The van der Waals surface area contributed by atoms with Gasteiger partial charge in [0.05, 0.1) is 33.3 Å². The molecule has 10 nitrogen and oxygen atoms in total. The SMILES string of the molecule is C=CCn1c(COc2ccccc2)nnc1SCC(=O)N/N=C/c1cc(OC)c(OC)c(OC)c1. The van der Waals surface area contributed by atoms with E-state index in [0.29, 0.717) is 40.3 Å². The maximum absolute atomic E-state index is 12.3. The molecular formula is C24H27N5O5S. The molecule has 1 heterocycles. The van der Waals surface area contributed by atoms with Gasteiger partial charge in [-0.3, -0.25) is 9.36 Å². The van der Waals surface area contributed by atoms with Crippen molar-refractivity contribution in [3.63, 3.8) is 0 Å². The van der Waals surface area contributed by atoms with Crippen LogP contribution in [0.5, 0.6) is 23.0 Å². The van der Waals surface area contributed by atoms with E-state index in [-0.39, 0.29) is 18.3 Å². The summed E-state index contributed by atoms with van der Waals surface area (Å²) in [5.74, 6) is 2.63. The molecule has 1 aromatic heterocycles. The minimum Gasteiger partial charge on any atom is -0.493 e. The highest BCUT2D eigenvalue weighted by Crippen LogP contribution is 2.37. The fourth-order valence-corrected chi connectivity index (χ4v) is 3.79. The number of carbonyl (C=O) groups is 1. The molecule has 0 radical (unpaired) electrons. The Morgan fingerprint density at radius 1 is 1.11 bits per heavy atom. The number of nitrogens with one attached hydrogen (secondary N) is 1. The highest BCUT2D eigenvalue weighted by atomic mass is 32.2. The van der Waals surface area contributed by atoms with Gasteiger partial charge in [0.1, 0.15) is 12.4 Å². The van der Waals surface area contributed by atoms with Gasteiger partial charge in [0.25, 0.3) is 5.91 Å². The summed E-state index contributed by atoms with van der Waals surface area (Å²) in [5, 5.41) is 13.0. The number of aromatic nitrogens is 3. The number of ether oxygens (including phenoxy) is 4. The number of carbonyl (C=O) groups excluding carboxylic acids is 1. The molecule has 0 spiro atoms. The number of methoxy groups -OCH3 is 3. The van der Waals surface area contributed by atoms with Gasteiger partial charge in [-0.25, -0.2) is 5.43 Å². The third-order valence-corrected chi connectivity index (χ3v) is 5.61. The molecule has 0 fully saturated rings. The van der Waals surface area contributed by atoms with E-state index < -0.39 is 0 Å². The molecule has 0 saturated carbocycles. The van der Waals surface area contributed by atoms with E-state index in [9.17, 15) is 4.79 Å². The largest absolute Gasteiger partial charge is 0.493 e. The predicted molar refractivity (Wildman–Crippen MR) is 134 cm³/mol. The van der Waals surface area contributed by atoms with Crippen LogP contribution in [0.2, 0.25) is 0 Å². The normalized spacial score (nSPS) is 10.7. The highest BCUT2D eigenvalue weighted by molar-refractivity contribution is 7.99. The van der Waals surface area contributed by atoms with E-state index in [2.05, 4.69) is 27.3 Å². The molecule has 3 rings (SSSR count). The van der Waals surface area contributed by atoms with Crippen LogP contribution in [0, 0.1) is 0 Å². The molecule has 0 bridgehead atoms. The summed E-state index contributed by atoms with van der Waals surface area (Å²) in [5.41, 5.74) is 3.17. The number of benzene rings is 2. The van der Waals surface area contributed by atoms with Crippen molar-refractivity contribution in [1.82, 2.24) is 20.2 Å². The number of thioether (sulfide) groups is 1. The Labute approximate surface area is 207 Å². The molecule has 1 amide bonds. The first-order chi connectivity index (χ1) is 17.1. The summed E-state index contributed by atoms with van der Waals surface area (Å²) in [6.07, 6.45) is 3.23. The molecular weight excluding hydrogens is 470 g/mol. The fraction of sp³-hybridized carbons (Fsp3) is 0.250. The van der Waals surface area contributed by atoms with Crippen LogP contribution in [0.25, 0.3) is 0 Å². The van der Waals surface area contributed by atoms with Gasteiger partial charge < -0.3 is 18.9 Å². The zero-order valence-corrected chi connectivity index (χ0v) is 20.6. The first-order valence-corrected chi connectivity index (χ1v) is 11.5. The standard InChI is InChI=1S/C24H27N5O5S/c1-5-11-29-21(15-34-18-9-7-6-8-10-18)26-28-24(29)35-16-22(30)27-25-14-17-12-19(31-2)23(33-4)20(13-17)32-3/h5-10,12-14H,1,11,15-16H2,2-4H3,(H,27,30)/b25-14+. The van der Waals surface area contributed by atoms with Crippen molar-refractivity contribution >= 4 is 23.9 Å². The van der Waals surface area contributed by atoms with Crippen LogP contribution in [0.15, 0.2) is 65.4 Å². The monoisotopic (exact) mass is 497 g/mol. The van der Waals surface area contributed by atoms with Crippen molar-refractivity contribution < 1.29 is 23.7 Å². The molecule has 3 aromatic rings. The average Bonchev–Trinajstić information content (AvgIpc) is 3.27. The van der Waals surface area contributed by atoms with Crippen molar-refractivity contribution in [2.75, 3.05) is 27.1 Å². The quantitative estimate of drug-likeness (QED) is 0.166. The van der Waals surface area contributed by atoms with E-state index in [1.54, 1.807) is 18.2 Å². The van der Waals surface area contributed by atoms with Crippen LogP contribution in [-0.4, -0.2) is 54.0 Å². The van der Waals surface area contributed by atoms with Crippen LogP contribution in [0.4, 0.5) is 0 Å². The molecule has 0 unspecified atom stereocenters. The summed E-state index contributed by atoms with van der Waals surface area (Å²) >= 11 is 1.24. The Bertz CT molecular complexity index is 1140. The van der Waals surface area contributed by atoms with Crippen LogP contribution >= 0.6 is 11.8 Å². The number of hydrogen-bond donors (Lipinski definition) is 1. The molecule has 11 heteroatoms. The van der Waals surface area contributed by atoms with Gasteiger partial charge in [0.2, 0.25) is 5.75 Å². The van der Waals surface area contributed by atoms with E-state index >= 15 is 0 Å². The lowest BCUT2D eigenvalue weighted by Gasteiger charge is -2.12. The molecule has 2 aromatic carbocycles. The van der Waals surface area contributed by atoms with Gasteiger partial charge in [0, 0.05) is 12.1 Å². The highest BCUT2D eigenvalue weighted by Gasteiger charge is 2.15. The zero-order valence-electron chi connectivity index (χ0n) is 19.8. The lowest BCUT2D eigenvalue weighted by molar-refractivity contribution is -0.118. The molecule has 0 aliphatic heterocycles. The van der Waals surface area contributed by atoms with E-state index in [4.69, 9.17) is 18.9 Å². The van der Waals surface area contributed by atoms with Gasteiger partial charge in [0.15, 0.2) is 22.5 Å². The number of hydrazone groups is 1. The Morgan fingerprint density at radius 2 is 1.83 bits per heavy atom. The van der Waals surface area contributed by atoms with E-state index in [1.165, 1.54) is 39.3 Å². The molecule has 35 heavy (non-hydrogen) atoms. The predicted octanol–water partition coefficient (Wildman–Crippen LogP) is 3.31. The molecule has 184 valence electrons. The van der Waals surface area contributed by atoms with Crippen molar-refractivity contribution in [3.05, 3.63) is 66.5 Å². The maximum Gasteiger partial charge on any atom is 0.250 e. The number of amides is 1. The Hall–Kier alpha value is -3.99. The molecule has 0 atom stereocenters.